The lowest BCUT2D eigenvalue weighted by atomic mass is 10.1. The summed E-state index contributed by atoms with van der Waals surface area (Å²) in [7, 11) is 1.60. The summed E-state index contributed by atoms with van der Waals surface area (Å²) in [5.74, 6) is -1.12. The van der Waals surface area contributed by atoms with E-state index >= 15 is 0 Å². The number of aromatic nitrogens is 1. The minimum absolute atomic E-state index is 0.132. The standard InChI is InChI=1S/C26H25N3O4S/c1-17-15-19(18(2)29(17)22-12-8-7-11-21(22)25(31)32)16-23-24(30)28(13-14-33-3)26(34-23)27-20-9-5-4-6-10-20/h4-12,15-16H,13-14H2,1-3H3,(H,31,32)/b23-16-,27-26?. The number of thioether (sulfide) groups is 1. The first-order chi connectivity index (χ1) is 16.4. The second-order valence-electron chi connectivity index (χ2n) is 7.77. The van der Waals surface area contributed by atoms with Gasteiger partial charge < -0.3 is 14.4 Å². The lowest BCUT2D eigenvalue weighted by molar-refractivity contribution is -0.122. The van der Waals surface area contributed by atoms with Crippen molar-refractivity contribution in [3.63, 3.8) is 0 Å². The Morgan fingerprint density at radius 1 is 1.12 bits per heavy atom. The maximum atomic E-state index is 13.2. The number of aliphatic imine (C=N–C) groups is 1. The van der Waals surface area contributed by atoms with Gasteiger partial charge in [-0.3, -0.25) is 9.69 Å². The van der Waals surface area contributed by atoms with Gasteiger partial charge >= 0.3 is 5.97 Å². The van der Waals surface area contributed by atoms with E-state index in [4.69, 9.17) is 4.74 Å². The number of benzene rings is 2. The molecule has 7 nitrogen and oxygen atoms in total. The molecule has 0 radical (unpaired) electrons. The van der Waals surface area contributed by atoms with E-state index < -0.39 is 5.97 Å². The molecular formula is C26H25N3O4S. The average Bonchev–Trinajstić information content (AvgIpc) is 3.27. The summed E-state index contributed by atoms with van der Waals surface area (Å²) in [6.45, 7) is 4.64. The second kappa shape index (κ2) is 10.1. The predicted octanol–water partition coefficient (Wildman–Crippen LogP) is 5.04. The zero-order valence-electron chi connectivity index (χ0n) is 19.2. The molecule has 1 saturated heterocycles. The molecule has 34 heavy (non-hydrogen) atoms. The Balaban J connectivity index is 1.73. The highest BCUT2D eigenvalue weighted by Crippen LogP contribution is 2.35. The van der Waals surface area contributed by atoms with Crippen molar-refractivity contribution in [2.75, 3.05) is 20.3 Å². The molecule has 2 heterocycles. The number of carboxylic acids is 1. The van der Waals surface area contributed by atoms with Crippen molar-refractivity contribution in [3.8, 4) is 5.69 Å². The van der Waals surface area contributed by atoms with Crippen LogP contribution in [0.2, 0.25) is 0 Å². The number of amidine groups is 1. The first-order valence-electron chi connectivity index (χ1n) is 10.8. The number of amides is 1. The maximum Gasteiger partial charge on any atom is 0.337 e. The fourth-order valence-corrected chi connectivity index (χ4v) is 4.89. The van der Waals surface area contributed by atoms with E-state index in [0.717, 1.165) is 22.6 Å². The normalized spacial score (nSPS) is 16.1. The summed E-state index contributed by atoms with van der Waals surface area (Å²) in [6, 6.07) is 18.4. The van der Waals surface area contributed by atoms with Crippen molar-refractivity contribution >= 4 is 40.6 Å². The largest absolute Gasteiger partial charge is 0.478 e. The number of para-hydroxylation sites is 2. The van der Waals surface area contributed by atoms with Crippen molar-refractivity contribution in [2.45, 2.75) is 13.8 Å². The van der Waals surface area contributed by atoms with Crippen molar-refractivity contribution in [2.24, 2.45) is 4.99 Å². The van der Waals surface area contributed by atoms with Gasteiger partial charge in [0, 0.05) is 18.5 Å². The third kappa shape index (κ3) is 4.69. The Morgan fingerprint density at radius 2 is 1.82 bits per heavy atom. The molecule has 0 saturated carbocycles. The van der Waals surface area contributed by atoms with Gasteiger partial charge in [-0.05, 0) is 67.6 Å². The zero-order chi connectivity index (χ0) is 24.2. The van der Waals surface area contributed by atoms with Crippen LogP contribution in [0.1, 0.15) is 27.3 Å². The first-order valence-corrected chi connectivity index (χ1v) is 11.6. The quantitative estimate of drug-likeness (QED) is 0.484. The van der Waals surface area contributed by atoms with Crippen LogP contribution in [0.3, 0.4) is 0 Å². The Morgan fingerprint density at radius 3 is 2.53 bits per heavy atom. The third-order valence-electron chi connectivity index (χ3n) is 5.52. The first kappa shape index (κ1) is 23.5. The fraction of sp³-hybridized carbons (Fsp3) is 0.192. The maximum absolute atomic E-state index is 13.2. The van der Waals surface area contributed by atoms with Gasteiger partial charge in [-0.2, -0.15) is 0 Å². The molecule has 0 aliphatic carbocycles. The van der Waals surface area contributed by atoms with E-state index in [-0.39, 0.29) is 11.5 Å². The minimum atomic E-state index is -0.986. The topological polar surface area (TPSA) is 84.1 Å². The van der Waals surface area contributed by atoms with E-state index in [1.54, 1.807) is 30.2 Å². The summed E-state index contributed by atoms with van der Waals surface area (Å²) < 4.78 is 7.10. The van der Waals surface area contributed by atoms with Crippen LogP contribution in [0, 0.1) is 13.8 Å². The van der Waals surface area contributed by atoms with Crippen LogP contribution in [0.5, 0.6) is 0 Å². The summed E-state index contributed by atoms with van der Waals surface area (Å²) in [6.07, 6.45) is 1.85. The Kier molecular flexibility index (Phi) is 7.00. The van der Waals surface area contributed by atoms with Gasteiger partial charge in [0.05, 0.1) is 35.0 Å². The number of ether oxygens (including phenoxy) is 1. The number of rotatable bonds is 7. The molecule has 1 N–H and O–H groups in total. The summed E-state index contributed by atoms with van der Waals surface area (Å²) in [5.41, 5.74) is 4.16. The molecule has 8 heteroatoms. The van der Waals surface area contributed by atoms with Crippen LogP contribution in [0.25, 0.3) is 11.8 Å². The van der Waals surface area contributed by atoms with Gasteiger partial charge in [-0.15, -0.1) is 0 Å². The number of hydrogen-bond acceptors (Lipinski definition) is 5. The Bertz CT molecular complexity index is 1290. The zero-order valence-corrected chi connectivity index (χ0v) is 20.0. The molecule has 4 rings (SSSR count). The lowest BCUT2D eigenvalue weighted by Gasteiger charge is -2.14. The molecule has 1 aliphatic rings. The van der Waals surface area contributed by atoms with Crippen LogP contribution >= 0.6 is 11.8 Å². The van der Waals surface area contributed by atoms with E-state index in [1.807, 2.05) is 67.0 Å². The molecule has 1 amide bonds. The van der Waals surface area contributed by atoms with Gasteiger partial charge in [0.2, 0.25) is 0 Å². The van der Waals surface area contributed by atoms with Crippen molar-refractivity contribution in [1.82, 2.24) is 9.47 Å². The number of hydrogen-bond donors (Lipinski definition) is 1. The lowest BCUT2D eigenvalue weighted by Crippen LogP contribution is -2.32. The smallest absolute Gasteiger partial charge is 0.337 e. The van der Waals surface area contributed by atoms with Crippen LogP contribution in [0.4, 0.5) is 5.69 Å². The number of aryl methyl sites for hydroxylation is 1. The number of carboxylic acid groups (broad SMARTS) is 1. The van der Waals surface area contributed by atoms with Crippen LogP contribution in [-0.2, 0) is 9.53 Å². The Hall–Kier alpha value is -3.62. The molecule has 3 aromatic rings. The number of carbonyl (C=O) groups excluding carboxylic acids is 1. The molecule has 0 atom stereocenters. The van der Waals surface area contributed by atoms with E-state index in [2.05, 4.69) is 4.99 Å². The fourth-order valence-electron chi connectivity index (χ4n) is 3.88. The van der Waals surface area contributed by atoms with Crippen LogP contribution in [-0.4, -0.2) is 51.9 Å². The molecule has 0 spiro atoms. The van der Waals surface area contributed by atoms with Crippen molar-refractivity contribution < 1.29 is 19.4 Å². The average molecular weight is 476 g/mol. The SMILES string of the molecule is COCCN1C(=O)/C(=C/c2cc(C)n(-c3ccccc3C(=O)O)c2C)SC1=Nc1ccccc1. The monoisotopic (exact) mass is 475 g/mol. The Labute approximate surface area is 202 Å². The molecule has 0 unspecified atom stereocenters. The number of carbonyl (C=O) groups is 2. The predicted molar refractivity (Wildman–Crippen MR) is 135 cm³/mol. The number of methoxy groups -OCH3 is 1. The van der Waals surface area contributed by atoms with Gasteiger partial charge in [-0.25, -0.2) is 9.79 Å². The van der Waals surface area contributed by atoms with Crippen molar-refractivity contribution in [3.05, 3.63) is 88.1 Å². The molecule has 0 bridgehead atoms. The molecule has 1 fully saturated rings. The van der Waals surface area contributed by atoms with Gasteiger partial charge in [0.1, 0.15) is 0 Å². The minimum Gasteiger partial charge on any atom is -0.478 e. The molecular weight excluding hydrogens is 450 g/mol. The second-order valence-corrected chi connectivity index (χ2v) is 8.78. The van der Waals surface area contributed by atoms with Crippen LogP contribution in [0.15, 0.2) is 70.6 Å². The molecule has 1 aromatic heterocycles. The van der Waals surface area contributed by atoms with Gasteiger partial charge in [0.25, 0.3) is 5.91 Å². The summed E-state index contributed by atoms with van der Waals surface area (Å²) in [5, 5.41) is 10.2. The highest BCUT2D eigenvalue weighted by Gasteiger charge is 2.33. The van der Waals surface area contributed by atoms with E-state index in [0.29, 0.717) is 28.9 Å². The van der Waals surface area contributed by atoms with Gasteiger partial charge in [0.15, 0.2) is 5.17 Å². The van der Waals surface area contributed by atoms with Crippen LogP contribution < -0.4 is 0 Å². The summed E-state index contributed by atoms with van der Waals surface area (Å²) >= 11 is 1.32. The molecule has 174 valence electrons. The molecule has 2 aromatic carbocycles. The van der Waals surface area contributed by atoms with E-state index in [1.165, 1.54) is 11.8 Å². The van der Waals surface area contributed by atoms with E-state index in [9.17, 15) is 14.7 Å². The number of nitrogens with zero attached hydrogens (tertiary/aromatic N) is 3. The van der Waals surface area contributed by atoms with Crippen molar-refractivity contribution in [1.29, 1.82) is 0 Å². The summed E-state index contributed by atoms with van der Waals surface area (Å²) in [4.78, 5) is 31.9. The highest BCUT2D eigenvalue weighted by molar-refractivity contribution is 8.18. The molecule has 1 aliphatic heterocycles. The highest BCUT2D eigenvalue weighted by atomic mass is 32.2. The van der Waals surface area contributed by atoms with Gasteiger partial charge in [-0.1, -0.05) is 30.3 Å². The number of aromatic carboxylic acids is 1. The third-order valence-corrected chi connectivity index (χ3v) is 6.53.